The molecule has 0 aliphatic rings. The van der Waals surface area contributed by atoms with Crippen LogP contribution in [0.5, 0.6) is 0 Å². The van der Waals surface area contributed by atoms with Crippen molar-refractivity contribution in [3.8, 4) is 0 Å². The van der Waals surface area contributed by atoms with Crippen LogP contribution < -0.4 is 0 Å². The highest BCUT2D eigenvalue weighted by Gasteiger charge is 1.79. The molecule has 0 aromatic carbocycles. The molecule has 0 heteroatoms. The van der Waals surface area contributed by atoms with Crippen LogP contribution in [0.4, 0.5) is 0 Å². The van der Waals surface area contributed by atoms with E-state index in [1.54, 1.807) is 0 Å². The zero-order valence-corrected chi connectivity index (χ0v) is 8.22. The molecule has 0 saturated heterocycles. The van der Waals surface area contributed by atoms with E-state index in [0.29, 0.717) is 0 Å². The Hall–Kier alpha value is -0.780. The molecule has 0 aliphatic carbocycles. The van der Waals surface area contributed by atoms with E-state index < -0.39 is 0 Å². The molecule has 0 radical (unpaired) electrons. The van der Waals surface area contributed by atoms with Crippen LogP contribution in [0.2, 0.25) is 0 Å². The van der Waals surface area contributed by atoms with Crippen molar-refractivity contribution in [3.63, 3.8) is 0 Å². The van der Waals surface area contributed by atoms with Gasteiger partial charge in [0.2, 0.25) is 0 Å². The maximum Gasteiger partial charge on any atom is -0.0308 e. The lowest BCUT2D eigenvalue weighted by atomic mass is 10.2. The number of allylic oxidation sites excluding steroid dienone is 5. The second-order valence-corrected chi connectivity index (χ2v) is 1.83. The van der Waals surface area contributed by atoms with Crippen LogP contribution in [0, 0.1) is 0 Å². The van der Waals surface area contributed by atoms with E-state index >= 15 is 0 Å². The predicted molar refractivity (Wildman–Crippen MR) is 54.7 cm³/mol. The van der Waals surface area contributed by atoms with E-state index in [-0.39, 0.29) is 0 Å². The van der Waals surface area contributed by atoms with E-state index in [9.17, 15) is 0 Å². The van der Waals surface area contributed by atoms with Gasteiger partial charge in [0.25, 0.3) is 0 Å². The highest BCUT2D eigenvalue weighted by atomic mass is 13.9. The van der Waals surface area contributed by atoms with Gasteiger partial charge in [-0.15, -0.1) is 0 Å². The first-order valence-corrected chi connectivity index (χ1v) is 4.29. The lowest BCUT2D eigenvalue weighted by Crippen LogP contribution is -1.69. The third-order valence-corrected chi connectivity index (χ3v) is 1.17. The molecule has 0 unspecified atom stereocenters. The highest BCUT2D eigenvalue weighted by molar-refractivity contribution is 5.21. The Bertz CT molecular complexity index is 127. The highest BCUT2D eigenvalue weighted by Crippen LogP contribution is 2.00. The largest absolute Gasteiger partial charge is 0.0988 e. The maximum atomic E-state index is 3.68. The predicted octanol–water partition coefficient (Wildman–Crippen LogP) is 4.11. The minimum Gasteiger partial charge on any atom is -0.0988 e. The van der Waals surface area contributed by atoms with Gasteiger partial charge in [-0.3, -0.25) is 0 Å². The summed E-state index contributed by atoms with van der Waals surface area (Å²) in [4.78, 5) is 0. The Morgan fingerprint density at radius 1 is 1.36 bits per heavy atom. The quantitative estimate of drug-likeness (QED) is 0.534. The monoisotopic (exact) mass is 152 g/mol. The van der Waals surface area contributed by atoms with E-state index in [2.05, 4.69) is 19.6 Å². The van der Waals surface area contributed by atoms with Gasteiger partial charge < -0.3 is 0 Å². The zero-order valence-electron chi connectivity index (χ0n) is 8.22. The third kappa shape index (κ3) is 9.22. The summed E-state index contributed by atoms with van der Waals surface area (Å²) in [5, 5.41) is 0. The molecule has 64 valence electrons. The molecule has 11 heavy (non-hydrogen) atoms. The molecule has 0 amide bonds. The normalized spacial score (nSPS) is 10.7. The summed E-state index contributed by atoms with van der Waals surface area (Å²) in [6.07, 6.45) is 9.07. The smallest absolute Gasteiger partial charge is 0.0308 e. The number of hydrogen-bond donors (Lipinski definition) is 0. The van der Waals surface area contributed by atoms with E-state index in [1.165, 1.54) is 5.57 Å². The van der Waals surface area contributed by atoms with Gasteiger partial charge in [-0.1, -0.05) is 51.7 Å². The molecule has 0 spiro atoms. The van der Waals surface area contributed by atoms with Crippen molar-refractivity contribution >= 4 is 0 Å². The van der Waals surface area contributed by atoms with Gasteiger partial charge >= 0.3 is 0 Å². The minimum atomic E-state index is 1.06. The Kier molecular flexibility index (Phi) is 14.0. The average Bonchev–Trinajstić information content (AvgIpc) is 2.10. The molecule has 0 fully saturated rings. The SMILES string of the molecule is C=C/C(=C/C=C\C)CC.CC. The van der Waals surface area contributed by atoms with Crippen molar-refractivity contribution in [2.75, 3.05) is 0 Å². The fraction of sp³-hybridized carbons (Fsp3) is 0.455. The van der Waals surface area contributed by atoms with Crippen LogP contribution in [-0.4, -0.2) is 0 Å². The molecule has 0 aliphatic heterocycles. The first-order valence-electron chi connectivity index (χ1n) is 4.29. The third-order valence-electron chi connectivity index (χ3n) is 1.17. The summed E-state index contributed by atoms with van der Waals surface area (Å²) in [5.41, 5.74) is 1.29. The molecule has 0 nitrogen and oxygen atoms in total. The Morgan fingerprint density at radius 3 is 2.18 bits per heavy atom. The average molecular weight is 152 g/mol. The molecule has 0 rings (SSSR count). The molecule has 0 aromatic rings. The molecule has 0 saturated carbocycles. The van der Waals surface area contributed by atoms with Crippen molar-refractivity contribution in [3.05, 3.63) is 36.5 Å². The van der Waals surface area contributed by atoms with Crippen molar-refractivity contribution in [1.29, 1.82) is 0 Å². The van der Waals surface area contributed by atoms with Gasteiger partial charge in [-0.25, -0.2) is 0 Å². The molecular weight excluding hydrogens is 132 g/mol. The first-order chi connectivity index (χ1) is 5.35. The van der Waals surface area contributed by atoms with Crippen LogP contribution in [-0.2, 0) is 0 Å². The molecule has 0 heterocycles. The lowest BCUT2D eigenvalue weighted by Gasteiger charge is -1.89. The standard InChI is InChI=1S/C9H14.C2H6/c1-4-7-8-9(5-2)6-3;1-2/h4-5,7-8H,2,6H2,1,3H3;1-2H3/b7-4-,9-8-;. The number of rotatable bonds is 3. The second kappa shape index (κ2) is 12.0. The van der Waals surface area contributed by atoms with Crippen molar-refractivity contribution in [2.45, 2.75) is 34.1 Å². The summed E-state index contributed by atoms with van der Waals surface area (Å²) >= 11 is 0. The summed E-state index contributed by atoms with van der Waals surface area (Å²) in [6, 6.07) is 0. The van der Waals surface area contributed by atoms with Crippen molar-refractivity contribution in [1.82, 2.24) is 0 Å². The van der Waals surface area contributed by atoms with Crippen LogP contribution in [0.25, 0.3) is 0 Å². The van der Waals surface area contributed by atoms with Gasteiger partial charge in [-0.2, -0.15) is 0 Å². The maximum absolute atomic E-state index is 3.68. The Morgan fingerprint density at radius 2 is 1.91 bits per heavy atom. The Balaban J connectivity index is 0. The van der Waals surface area contributed by atoms with Crippen LogP contribution in [0.1, 0.15) is 34.1 Å². The first kappa shape index (κ1) is 12.9. The van der Waals surface area contributed by atoms with Crippen molar-refractivity contribution in [2.24, 2.45) is 0 Å². The molecule has 0 bridgehead atoms. The molecule has 0 atom stereocenters. The zero-order chi connectivity index (χ0) is 9.11. The summed E-state index contributed by atoms with van der Waals surface area (Å²) < 4.78 is 0. The van der Waals surface area contributed by atoms with E-state index in [4.69, 9.17) is 0 Å². The minimum absolute atomic E-state index is 1.06. The molecule has 0 N–H and O–H groups in total. The van der Waals surface area contributed by atoms with Crippen LogP contribution >= 0.6 is 0 Å². The fourth-order valence-electron chi connectivity index (χ4n) is 0.550. The topological polar surface area (TPSA) is 0 Å². The van der Waals surface area contributed by atoms with E-state index in [0.717, 1.165) is 6.42 Å². The lowest BCUT2D eigenvalue weighted by molar-refractivity contribution is 1.15. The van der Waals surface area contributed by atoms with Gasteiger partial charge in [0.1, 0.15) is 0 Å². The van der Waals surface area contributed by atoms with Crippen LogP contribution in [0.3, 0.4) is 0 Å². The molecular formula is C11H20. The Labute approximate surface area is 71.3 Å². The summed E-state index contributed by atoms with van der Waals surface area (Å²) in [5.74, 6) is 0. The summed E-state index contributed by atoms with van der Waals surface area (Å²) in [7, 11) is 0. The van der Waals surface area contributed by atoms with E-state index in [1.807, 2.05) is 39.0 Å². The van der Waals surface area contributed by atoms with Crippen molar-refractivity contribution < 1.29 is 0 Å². The molecule has 0 aromatic heterocycles. The summed E-state index contributed by atoms with van der Waals surface area (Å²) in [6.45, 7) is 11.8. The fourth-order valence-corrected chi connectivity index (χ4v) is 0.550. The number of hydrogen-bond acceptors (Lipinski definition) is 0. The van der Waals surface area contributed by atoms with Gasteiger partial charge in [0.05, 0.1) is 0 Å². The van der Waals surface area contributed by atoms with Gasteiger partial charge in [-0.05, 0) is 18.9 Å². The second-order valence-electron chi connectivity index (χ2n) is 1.83. The van der Waals surface area contributed by atoms with Gasteiger partial charge in [0.15, 0.2) is 0 Å². The van der Waals surface area contributed by atoms with Gasteiger partial charge in [0, 0.05) is 0 Å². The van der Waals surface area contributed by atoms with Crippen LogP contribution in [0.15, 0.2) is 36.5 Å².